The van der Waals surface area contributed by atoms with Gasteiger partial charge in [0.1, 0.15) is 5.75 Å². The number of rotatable bonds is 8. The van der Waals surface area contributed by atoms with Crippen LogP contribution < -0.4 is 9.46 Å². The zero-order valence-corrected chi connectivity index (χ0v) is 20.9. The van der Waals surface area contributed by atoms with E-state index in [1.807, 2.05) is 17.9 Å². The van der Waals surface area contributed by atoms with Crippen LogP contribution in [0.2, 0.25) is 0 Å². The Balaban J connectivity index is 1.26. The summed E-state index contributed by atoms with van der Waals surface area (Å²) in [6.45, 7) is 3.29. The lowest BCUT2D eigenvalue weighted by Gasteiger charge is -2.32. The molecular formula is C27H36N2O4S. The average Bonchev–Trinajstić information content (AvgIpc) is 2.84. The van der Waals surface area contributed by atoms with Crippen LogP contribution in [0.5, 0.6) is 5.75 Å². The van der Waals surface area contributed by atoms with E-state index in [0.29, 0.717) is 17.2 Å². The Morgan fingerprint density at radius 2 is 1.71 bits per heavy atom. The number of hydrogen-bond donors (Lipinski definition) is 1. The molecule has 1 aliphatic carbocycles. The van der Waals surface area contributed by atoms with E-state index >= 15 is 0 Å². The first-order valence-corrected chi connectivity index (χ1v) is 14.0. The maximum Gasteiger partial charge on any atom is 0.260 e. The van der Waals surface area contributed by atoms with Gasteiger partial charge in [0.15, 0.2) is 6.61 Å². The highest BCUT2D eigenvalue weighted by Gasteiger charge is 2.24. The Hall–Kier alpha value is -2.38. The SMILES string of the molecule is Cc1cc(S(=O)(=O)NC2CCCCC2)ccc1OCC(=O)N1CCC(Cc2ccccc2)CC1. The van der Waals surface area contributed by atoms with Gasteiger partial charge in [-0.1, -0.05) is 49.6 Å². The standard InChI is InChI=1S/C27H36N2O4S/c1-21-18-25(34(31,32)28-24-10-6-3-7-11-24)12-13-26(21)33-20-27(30)29-16-14-23(15-17-29)19-22-8-4-2-5-9-22/h2,4-5,8-9,12-13,18,23-24,28H,3,6-7,10-11,14-17,19-20H2,1H3. The molecule has 1 heterocycles. The number of nitrogens with zero attached hydrogens (tertiary/aromatic N) is 1. The first kappa shape index (κ1) is 24.7. The second-order valence-electron chi connectivity index (χ2n) is 9.69. The van der Waals surface area contributed by atoms with Crippen LogP contribution in [0.1, 0.15) is 56.1 Å². The molecule has 0 bridgehead atoms. The minimum absolute atomic E-state index is 0.0180. The van der Waals surface area contributed by atoms with E-state index in [9.17, 15) is 13.2 Å². The number of piperidine rings is 1. The molecule has 0 spiro atoms. The summed E-state index contributed by atoms with van der Waals surface area (Å²) in [6, 6.07) is 15.4. The molecule has 2 aromatic carbocycles. The summed E-state index contributed by atoms with van der Waals surface area (Å²) in [6.07, 6.45) is 8.16. The lowest BCUT2D eigenvalue weighted by atomic mass is 9.90. The average molecular weight is 485 g/mol. The van der Waals surface area contributed by atoms with Crippen molar-refractivity contribution in [1.29, 1.82) is 0 Å². The fourth-order valence-electron chi connectivity index (χ4n) is 5.02. The number of hydrogen-bond acceptors (Lipinski definition) is 4. The molecule has 184 valence electrons. The molecule has 1 N–H and O–H groups in total. The van der Waals surface area contributed by atoms with Crippen molar-refractivity contribution < 1.29 is 17.9 Å². The molecule has 34 heavy (non-hydrogen) atoms. The summed E-state index contributed by atoms with van der Waals surface area (Å²) in [5, 5.41) is 0. The largest absolute Gasteiger partial charge is 0.483 e. The number of carbonyl (C=O) groups is 1. The summed E-state index contributed by atoms with van der Waals surface area (Å²) in [5.74, 6) is 1.13. The number of sulfonamides is 1. The lowest BCUT2D eigenvalue weighted by molar-refractivity contribution is -0.134. The first-order valence-electron chi connectivity index (χ1n) is 12.5. The van der Waals surface area contributed by atoms with Gasteiger partial charge in [0, 0.05) is 19.1 Å². The van der Waals surface area contributed by atoms with Crippen molar-refractivity contribution >= 4 is 15.9 Å². The predicted molar refractivity (Wildman–Crippen MR) is 133 cm³/mol. The van der Waals surface area contributed by atoms with Crippen molar-refractivity contribution in [2.24, 2.45) is 5.92 Å². The Kier molecular flexibility index (Phi) is 8.27. The molecule has 1 saturated heterocycles. The van der Waals surface area contributed by atoms with Crippen LogP contribution in [0, 0.1) is 12.8 Å². The number of ether oxygens (including phenoxy) is 1. The van der Waals surface area contributed by atoms with Crippen molar-refractivity contribution in [3.05, 3.63) is 59.7 Å². The van der Waals surface area contributed by atoms with E-state index in [-0.39, 0.29) is 23.5 Å². The van der Waals surface area contributed by atoms with E-state index in [1.54, 1.807) is 18.2 Å². The summed E-state index contributed by atoms with van der Waals surface area (Å²) in [7, 11) is -3.56. The van der Waals surface area contributed by atoms with Gasteiger partial charge in [-0.3, -0.25) is 4.79 Å². The molecule has 1 aliphatic heterocycles. The Bertz CT molecular complexity index is 1060. The Morgan fingerprint density at radius 1 is 1.00 bits per heavy atom. The van der Waals surface area contributed by atoms with E-state index < -0.39 is 10.0 Å². The number of likely N-dealkylation sites (tertiary alicyclic amines) is 1. The molecular weight excluding hydrogens is 448 g/mol. The van der Waals surface area contributed by atoms with Crippen LogP contribution in [-0.2, 0) is 21.2 Å². The smallest absolute Gasteiger partial charge is 0.260 e. The Morgan fingerprint density at radius 3 is 2.38 bits per heavy atom. The molecule has 2 aliphatic rings. The number of nitrogens with one attached hydrogen (secondary N) is 1. The maximum absolute atomic E-state index is 12.8. The second kappa shape index (κ2) is 11.4. The van der Waals surface area contributed by atoms with Crippen molar-refractivity contribution in [3.63, 3.8) is 0 Å². The highest BCUT2D eigenvalue weighted by Crippen LogP contribution is 2.25. The second-order valence-corrected chi connectivity index (χ2v) is 11.4. The summed E-state index contributed by atoms with van der Waals surface area (Å²) >= 11 is 0. The number of amides is 1. The first-order chi connectivity index (χ1) is 16.4. The van der Waals surface area contributed by atoms with Crippen molar-refractivity contribution in [2.45, 2.75) is 69.2 Å². The van der Waals surface area contributed by atoms with E-state index in [1.165, 1.54) is 12.0 Å². The fraction of sp³-hybridized carbons (Fsp3) is 0.519. The zero-order chi connectivity index (χ0) is 24.0. The lowest BCUT2D eigenvalue weighted by Crippen LogP contribution is -2.41. The number of carbonyl (C=O) groups excluding carboxylic acids is 1. The summed E-state index contributed by atoms with van der Waals surface area (Å²) in [5.41, 5.74) is 2.06. The molecule has 7 heteroatoms. The zero-order valence-electron chi connectivity index (χ0n) is 20.0. The maximum atomic E-state index is 12.8. The monoisotopic (exact) mass is 484 g/mol. The fourth-order valence-corrected chi connectivity index (χ4v) is 6.41. The van der Waals surface area contributed by atoms with E-state index in [4.69, 9.17) is 4.74 Å². The van der Waals surface area contributed by atoms with Crippen LogP contribution in [0.4, 0.5) is 0 Å². The number of benzene rings is 2. The van der Waals surface area contributed by atoms with Gasteiger partial charge in [-0.2, -0.15) is 0 Å². The number of aryl methyl sites for hydroxylation is 1. The van der Waals surface area contributed by atoms with Crippen LogP contribution in [0.25, 0.3) is 0 Å². The normalized spacial score (nSPS) is 18.1. The molecule has 0 unspecified atom stereocenters. The quantitative estimate of drug-likeness (QED) is 0.600. The van der Waals surface area contributed by atoms with Gasteiger partial charge < -0.3 is 9.64 Å². The van der Waals surface area contributed by atoms with Crippen LogP contribution in [0.15, 0.2) is 53.4 Å². The molecule has 0 aromatic heterocycles. The predicted octanol–water partition coefficient (Wildman–Crippen LogP) is 4.47. The minimum atomic E-state index is -3.56. The molecule has 2 aromatic rings. The van der Waals surface area contributed by atoms with Crippen LogP contribution in [0.3, 0.4) is 0 Å². The molecule has 2 fully saturated rings. The van der Waals surface area contributed by atoms with Gasteiger partial charge in [-0.15, -0.1) is 0 Å². The Labute approximate surface area is 203 Å². The van der Waals surface area contributed by atoms with E-state index in [0.717, 1.165) is 58.0 Å². The molecule has 1 saturated carbocycles. The van der Waals surface area contributed by atoms with Gasteiger partial charge in [0.2, 0.25) is 10.0 Å². The highest BCUT2D eigenvalue weighted by atomic mass is 32.2. The summed E-state index contributed by atoms with van der Waals surface area (Å²) in [4.78, 5) is 14.8. The molecule has 0 atom stereocenters. The van der Waals surface area contributed by atoms with Crippen molar-refractivity contribution in [2.75, 3.05) is 19.7 Å². The van der Waals surface area contributed by atoms with Crippen molar-refractivity contribution in [1.82, 2.24) is 9.62 Å². The molecule has 4 rings (SSSR count). The van der Waals surface area contributed by atoms with Gasteiger partial charge >= 0.3 is 0 Å². The van der Waals surface area contributed by atoms with Gasteiger partial charge in [-0.25, -0.2) is 13.1 Å². The molecule has 1 amide bonds. The third-order valence-corrected chi connectivity index (χ3v) is 8.59. The molecule has 6 nitrogen and oxygen atoms in total. The van der Waals surface area contributed by atoms with Gasteiger partial charge in [0.25, 0.3) is 5.91 Å². The van der Waals surface area contributed by atoms with Crippen LogP contribution >= 0.6 is 0 Å². The van der Waals surface area contributed by atoms with Gasteiger partial charge in [-0.05, 0) is 74.3 Å². The van der Waals surface area contributed by atoms with Crippen molar-refractivity contribution in [3.8, 4) is 5.75 Å². The highest BCUT2D eigenvalue weighted by molar-refractivity contribution is 7.89. The van der Waals surface area contributed by atoms with Gasteiger partial charge in [0.05, 0.1) is 4.90 Å². The van der Waals surface area contributed by atoms with E-state index in [2.05, 4.69) is 29.0 Å². The third kappa shape index (κ3) is 6.60. The molecule has 0 radical (unpaired) electrons. The minimum Gasteiger partial charge on any atom is -0.483 e. The summed E-state index contributed by atoms with van der Waals surface area (Å²) < 4.78 is 34.2. The topological polar surface area (TPSA) is 75.7 Å². The van der Waals surface area contributed by atoms with Crippen LogP contribution in [-0.4, -0.2) is 45.0 Å². The third-order valence-electron chi connectivity index (χ3n) is 7.07.